The van der Waals surface area contributed by atoms with Gasteiger partial charge in [-0.2, -0.15) is 0 Å². The van der Waals surface area contributed by atoms with Gasteiger partial charge in [0.25, 0.3) is 0 Å². The van der Waals surface area contributed by atoms with Crippen molar-refractivity contribution in [2.24, 2.45) is 5.73 Å². The Labute approximate surface area is 106 Å². The Hall–Kier alpha value is -2.07. The molecule has 1 atom stereocenters. The van der Waals surface area contributed by atoms with Crippen molar-refractivity contribution in [3.05, 3.63) is 60.2 Å². The molecule has 0 aliphatic heterocycles. The Morgan fingerprint density at radius 3 is 2.67 bits per heavy atom. The number of nitrogens with two attached hydrogens (primary N) is 1. The third-order valence-electron chi connectivity index (χ3n) is 2.76. The maximum Gasteiger partial charge on any atom is 0.182 e. The molecule has 0 fully saturated rings. The van der Waals surface area contributed by atoms with Gasteiger partial charge in [-0.3, -0.25) is 9.78 Å². The minimum atomic E-state index is -0.119. The van der Waals surface area contributed by atoms with Gasteiger partial charge in [-0.1, -0.05) is 30.3 Å². The van der Waals surface area contributed by atoms with Crippen LogP contribution < -0.4 is 5.73 Å². The second-order valence-corrected chi connectivity index (χ2v) is 4.07. The summed E-state index contributed by atoms with van der Waals surface area (Å²) >= 11 is 0. The van der Waals surface area contributed by atoms with Crippen LogP contribution in [0.25, 0.3) is 0 Å². The molecule has 0 spiro atoms. The van der Waals surface area contributed by atoms with E-state index in [0.717, 1.165) is 5.56 Å². The number of benzene rings is 1. The molecule has 0 saturated carbocycles. The van der Waals surface area contributed by atoms with Gasteiger partial charge in [0.1, 0.15) is 5.69 Å². The molecule has 2 N–H and O–H groups in total. The number of hydrogen-bond donors (Lipinski definition) is 1. The number of rotatable bonds is 5. The van der Waals surface area contributed by atoms with Crippen LogP contribution in [-0.4, -0.2) is 15.8 Å². The smallest absolute Gasteiger partial charge is 0.182 e. The molecule has 18 heavy (non-hydrogen) atoms. The Bertz CT molecular complexity index is 499. The molecule has 2 rings (SSSR count). The van der Waals surface area contributed by atoms with E-state index in [1.54, 1.807) is 6.20 Å². The van der Waals surface area contributed by atoms with Crippen molar-refractivity contribution in [2.45, 2.75) is 18.9 Å². The number of ketones is 1. The highest BCUT2D eigenvalue weighted by molar-refractivity contribution is 5.93. The number of Topliss-reactive ketones (excluding diaryl/α,β-unsaturated/α-hetero) is 1. The summed E-state index contributed by atoms with van der Waals surface area (Å²) in [5.41, 5.74) is 7.48. The predicted octanol–water partition coefficient (Wildman–Crippen LogP) is 2.14. The molecular weight excluding hydrogens is 226 g/mol. The Morgan fingerprint density at radius 1 is 1.22 bits per heavy atom. The van der Waals surface area contributed by atoms with Crippen molar-refractivity contribution >= 4 is 5.78 Å². The van der Waals surface area contributed by atoms with E-state index in [9.17, 15) is 4.79 Å². The summed E-state index contributed by atoms with van der Waals surface area (Å²) in [5, 5.41) is 0. The third kappa shape index (κ3) is 3.21. The zero-order chi connectivity index (χ0) is 12.8. The van der Waals surface area contributed by atoms with Crippen LogP contribution in [0.2, 0.25) is 0 Å². The topological polar surface area (TPSA) is 68.9 Å². The zero-order valence-corrected chi connectivity index (χ0v) is 9.99. The van der Waals surface area contributed by atoms with Gasteiger partial charge in [0.15, 0.2) is 5.78 Å². The number of hydrogen-bond acceptors (Lipinski definition) is 4. The molecule has 1 aromatic heterocycles. The molecule has 0 saturated heterocycles. The molecule has 0 aliphatic carbocycles. The van der Waals surface area contributed by atoms with Gasteiger partial charge in [-0.05, 0) is 12.0 Å². The molecule has 0 bridgehead atoms. The SMILES string of the molecule is NC(CCC(=O)c1cnccn1)c1ccccc1. The van der Waals surface area contributed by atoms with Crippen LogP contribution in [0.5, 0.6) is 0 Å². The van der Waals surface area contributed by atoms with Crippen molar-refractivity contribution < 1.29 is 4.79 Å². The number of carbonyl (C=O) groups is 1. The summed E-state index contributed by atoms with van der Waals surface area (Å²) in [6.07, 6.45) is 5.54. The second kappa shape index (κ2) is 6.02. The quantitative estimate of drug-likeness (QED) is 0.814. The van der Waals surface area contributed by atoms with Crippen LogP contribution in [0.1, 0.15) is 34.9 Å². The lowest BCUT2D eigenvalue weighted by Crippen LogP contribution is -2.13. The summed E-state index contributed by atoms with van der Waals surface area (Å²) in [5.74, 6) is -0.0190. The van der Waals surface area contributed by atoms with Crippen molar-refractivity contribution in [3.8, 4) is 0 Å². The largest absolute Gasteiger partial charge is 0.324 e. The third-order valence-corrected chi connectivity index (χ3v) is 2.76. The van der Waals surface area contributed by atoms with E-state index < -0.39 is 0 Å². The van der Waals surface area contributed by atoms with Crippen molar-refractivity contribution in [2.75, 3.05) is 0 Å². The average molecular weight is 241 g/mol. The minimum Gasteiger partial charge on any atom is -0.324 e. The number of aromatic nitrogens is 2. The summed E-state index contributed by atoms with van der Waals surface area (Å²) in [6, 6.07) is 9.65. The van der Waals surface area contributed by atoms with Crippen LogP contribution in [0.15, 0.2) is 48.9 Å². The van der Waals surface area contributed by atoms with Crippen molar-refractivity contribution in [3.63, 3.8) is 0 Å². The normalized spacial score (nSPS) is 12.1. The molecule has 0 amide bonds. The molecule has 92 valence electrons. The first-order chi connectivity index (χ1) is 8.77. The van der Waals surface area contributed by atoms with Gasteiger partial charge in [0, 0.05) is 24.9 Å². The highest BCUT2D eigenvalue weighted by Gasteiger charge is 2.11. The lowest BCUT2D eigenvalue weighted by molar-refractivity contribution is 0.0972. The molecule has 4 heteroatoms. The number of carbonyl (C=O) groups excluding carboxylic acids is 1. The summed E-state index contributed by atoms with van der Waals surface area (Å²) < 4.78 is 0. The lowest BCUT2D eigenvalue weighted by atomic mass is 10.0. The lowest BCUT2D eigenvalue weighted by Gasteiger charge is -2.10. The van der Waals surface area contributed by atoms with Crippen molar-refractivity contribution in [1.29, 1.82) is 0 Å². The van der Waals surface area contributed by atoms with Gasteiger partial charge in [0.05, 0.1) is 6.20 Å². The minimum absolute atomic E-state index is 0.0190. The maximum absolute atomic E-state index is 11.8. The van der Waals surface area contributed by atoms with Crippen LogP contribution >= 0.6 is 0 Å². The van der Waals surface area contributed by atoms with E-state index in [1.165, 1.54) is 12.4 Å². The Kier molecular flexibility index (Phi) is 4.15. The molecule has 1 unspecified atom stereocenters. The van der Waals surface area contributed by atoms with E-state index in [0.29, 0.717) is 18.5 Å². The summed E-state index contributed by atoms with van der Waals surface area (Å²) in [4.78, 5) is 19.7. The predicted molar refractivity (Wildman–Crippen MR) is 69.0 cm³/mol. The standard InChI is InChI=1S/C14H15N3O/c15-12(11-4-2-1-3-5-11)6-7-14(18)13-10-16-8-9-17-13/h1-5,8-10,12H,6-7,15H2. The fourth-order valence-corrected chi connectivity index (χ4v) is 1.72. The molecule has 4 nitrogen and oxygen atoms in total. The summed E-state index contributed by atoms with van der Waals surface area (Å²) in [6.45, 7) is 0. The van der Waals surface area contributed by atoms with E-state index in [-0.39, 0.29) is 11.8 Å². The molecule has 1 aromatic carbocycles. The van der Waals surface area contributed by atoms with Gasteiger partial charge in [-0.25, -0.2) is 4.98 Å². The average Bonchev–Trinajstić information content (AvgIpc) is 2.46. The highest BCUT2D eigenvalue weighted by Crippen LogP contribution is 2.16. The van der Waals surface area contributed by atoms with Gasteiger partial charge < -0.3 is 5.73 Å². The molecule has 1 heterocycles. The first kappa shape index (κ1) is 12.4. The molecular formula is C14H15N3O. The van der Waals surface area contributed by atoms with Crippen LogP contribution in [-0.2, 0) is 0 Å². The first-order valence-corrected chi connectivity index (χ1v) is 5.87. The van der Waals surface area contributed by atoms with E-state index >= 15 is 0 Å². The van der Waals surface area contributed by atoms with E-state index in [4.69, 9.17) is 5.73 Å². The Balaban J connectivity index is 1.91. The summed E-state index contributed by atoms with van der Waals surface area (Å²) in [7, 11) is 0. The van der Waals surface area contributed by atoms with E-state index in [2.05, 4.69) is 9.97 Å². The van der Waals surface area contributed by atoms with E-state index in [1.807, 2.05) is 30.3 Å². The van der Waals surface area contributed by atoms with Crippen LogP contribution in [0, 0.1) is 0 Å². The first-order valence-electron chi connectivity index (χ1n) is 5.87. The fraction of sp³-hybridized carbons (Fsp3) is 0.214. The molecule has 0 radical (unpaired) electrons. The van der Waals surface area contributed by atoms with Crippen LogP contribution in [0.3, 0.4) is 0 Å². The second-order valence-electron chi connectivity index (χ2n) is 4.07. The fourth-order valence-electron chi connectivity index (χ4n) is 1.72. The number of nitrogens with zero attached hydrogens (tertiary/aromatic N) is 2. The monoisotopic (exact) mass is 241 g/mol. The van der Waals surface area contributed by atoms with Gasteiger partial charge in [0.2, 0.25) is 0 Å². The van der Waals surface area contributed by atoms with Crippen LogP contribution in [0.4, 0.5) is 0 Å². The Morgan fingerprint density at radius 2 is 2.00 bits per heavy atom. The molecule has 0 aliphatic rings. The highest BCUT2D eigenvalue weighted by atomic mass is 16.1. The molecule has 2 aromatic rings. The zero-order valence-electron chi connectivity index (χ0n) is 9.99. The van der Waals surface area contributed by atoms with Gasteiger partial charge >= 0.3 is 0 Å². The van der Waals surface area contributed by atoms with Crippen molar-refractivity contribution in [1.82, 2.24) is 9.97 Å². The van der Waals surface area contributed by atoms with Gasteiger partial charge in [-0.15, -0.1) is 0 Å². The maximum atomic E-state index is 11.8.